The van der Waals surface area contributed by atoms with Gasteiger partial charge in [-0.1, -0.05) is 55.4 Å². The molecular formula is C23H39N. The maximum atomic E-state index is 4.16. The first-order valence-electron chi connectivity index (χ1n) is 9.60. The van der Waals surface area contributed by atoms with E-state index in [2.05, 4.69) is 85.1 Å². The van der Waals surface area contributed by atoms with Crippen LogP contribution in [0.15, 0.2) is 47.1 Å². The third kappa shape index (κ3) is 6.09. The first-order valence-corrected chi connectivity index (χ1v) is 9.60. The Balaban J connectivity index is 3.01. The van der Waals surface area contributed by atoms with Crippen molar-refractivity contribution in [2.45, 2.75) is 92.8 Å². The number of nitrogens with zero attached hydrogens (tertiary/aromatic N) is 1. The van der Waals surface area contributed by atoms with Gasteiger partial charge in [0.1, 0.15) is 0 Å². The monoisotopic (exact) mass is 329 g/mol. The minimum absolute atomic E-state index is 0.487. The molecule has 0 radical (unpaired) electrons. The van der Waals surface area contributed by atoms with Gasteiger partial charge in [0, 0.05) is 18.1 Å². The van der Waals surface area contributed by atoms with Gasteiger partial charge in [-0.05, 0) is 72.3 Å². The second-order valence-electron chi connectivity index (χ2n) is 8.37. The minimum Gasteiger partial charge on any atom is -0.291 e. The largest absolute Gasteiger partial charge is 0.291 e. The maximum Gasteiger partial charge on any atom is 0.0285 e. The summed E-state index contributed by atoms with van der Waals surface area (Å²) in [5.74, 6) is 0.767. The SMILES string of the molecule is C=C(C)C(=CC=C(C)C)C=C(C)C(C)N1C(C)CCC1CC(C)C. The van der Waals surface area contributed by atoms with Crippen molar-refractivity contribution in [3.8, 4) is 0 Å². The van der Waals surface area contributed by atoms with E-state index >= 15 is 0 Å². The van der Waals surface area contributed by atoms with Crippen LogP contribution in [0.1, 0.15) is 74.7 Å². The Morgan fingerprint density at radius 3 is 2.21 bits per heavy atom. The molecule has 1 aliphatic rings. The third-order valence-corrected chi connectivity index (χ3v) is 5.17. The molecule has 0 saturated carbocycles. The summed E-state index contributed by atoms with van der Waals surface area (Å²) in [5, 5.41) is 0. The van der Waals surface area contributed by atoms with Gasteiger partial charge in [-0.25, -0.2) is 0 Å². The molecule has 0 aromatic carbocycles. The third-order valence-electron chi connectivity index (χ3n) is 5.17. The predicted molar refractivity (Wildman–Crippen MR) is 109 cm³/mol. The average Bonchev–Trinajstić information content (AvgIpc) is 2.81. The zero-order valence-electron chi connectivity index (χ0n) is 17.3. The Morgan fingerprint density at radius 1 is 1.08 bits per heavy atom. The normalized spacial score (nSPS) is 24.4. The molecule has 24 heavy (non-hydrogen) atoms. The van der Waals surface area contributed by atoms with Crippen molar-refractivity contribution in [2.24, 2.45) is 5.92 Å². The van der Waals surface area contributed by atoms with Gasteiger partial charge in [-0.3, -0.25) is 4.90 Å². The van der Waals surface area contributed by atoms with E-state index in [-0.39, 0.29) is 0 Å². The molecule has 0 aromatic rings. The molecule has 3 unspecified atom stereocenters. The molecule has 0 amide bonds. The summed E-state index contributed by atoms with van der Waals surface area (Å²) in [7, 11) is 0. The Kier molecular flexibility index (Phi) is 8.22. The molecule has 1 nitrogen and oxygen atoms in total. The van der Waals surface area contributed by atoms with Gasteiger partial charge >= 0.3 is 0 Å². The summed E-state index contributed by atoms with van der Waals surface area (Å²) in [6, 6.07) is 1.90. The quantitative estimate of drug-likeness (QED) is 0.470. The van der Waals surface area contributed by atoms with Crippen LogP contribution in [0, 0.1) is 5.92 Å². The van der Waals surface area contributed by atoms with Gasteiger partial charge in [0.2, 0.25) is 0 Å². The smallest absolute Gasteiger partial charge is 0.0285 e. The van der Waals surface area contributed by atoms with Gasteiger partial charge in [0.15, 0.2) is 0 Å². The molecule has 136 valence electrons. The van der Waals surface area contributed by atoms with E-state index in [1.807, 2.05) is 0 Å². The van der Waals surface area contributed by atoms with Crippen molar-refractivity contribution in [3.63, 3.8) is 0 Å². The fourth-order valence-corrected chi connectivity index (χ4v) is 3.74. The zero-order valence-corrected chi connectivity index (χ0v) is 17.3. The van der Waals surface area contributed by atoms with Crippen molar-refractivity contribution in [1.29, 1.82) is 0 Å². The van der Waals surface area contributed by atoms with Crippen LogP contribution >= 0.6 is 0 Å². The van der Waals surface area contributed by atoms with Gasteiger partial charge < -0.3 is 0 Å². The summed E-state index contributed by atoms with van der Waals surface area (Å²) < 4.78 is 0. The molecule has 1 rings (SSSR count). The van der Waals surface area contributed by atoms with Crippen LogP contribution in [0.5, 0.6) is 0 Å². The molecule has 1 fully saturated rings. The maximum absolute atomic E-state index is 4.16. The Labute approximate surface area is 151 Å². The van der Waals surface area contributed by atoms with Crippen LogP contribution < -0.4 is 0 Å². The molecule has 0 N–H and O–H groups in total. The number of allylic oxidation sites excluding steroid dienone is 6. The molecular weight excluding hydrogens is 290 g/mol. The summed E-state index contributed by atoms with van der Waals surface area (Å²) in [4.78, 5) is 2.75. The standard InChI is InChI=1S/C23H39N/c1-16(2)10-12-22(18(5)6)15-19(7)21(9)24-20(8)11-13-23(24)14-17(3)4/h10,12,15,17,20-21,23H,5,11,13-14H2,1-4,6-9H3. The van der Waals surface area contributed by atoms with Gasteiger partial charge in [0.05, 0.1) is 0 Å². The fraction of sp³-hybridized carbons (Fsp3) is 0.652. The molecule has 1 heteroatoms. The average molecular weight is 330 g/mol. The van der Waals surface area contributed by atoms with Crippen LogP contribution in [-0.2, 0) is 0 Å². The Hall–Kier alpha value is -1.08. The van der Waals surface area contributed by atoms with Gasteiger partial charge in [0.25, 0.3) is 0 Å². The van der Waals surface area contributed by atoms with Crippen LogP contribution in [0.2, 0.25) is 0 Å². The molecule has 1 heterocycles. The Bertz CT molecular complexity index is 514. The van der Waals surface area contributed by atoms with Crippen LogP contribution in [0.25, 0.3) is 0 Å². The van der Waals surface area contributed by atoms with Crippen molar-refractivity contribution >= 4 is 0 Å². The first-order chi connectivity index (χ1) is 11.1. The zero-order chi connectivity index (χ0) is 18.4. The number of hydrogen-bond donors (Lipinski definition) is 0. The van der Waals surface area contributed by atoms with Crippen LogP contribution in [-0.4, -0.2) is 23.0 Å². The highest BCUT2D eigenvalue weighted by atomic mass is 15.2. The number of rotatable bonds is 7. The van der Waals surface area contributed by atoms with E-state index in [9.17, 15) is 0 Å². The number of likely N-dealkylation sites (tertiary alicyclic amines) is 1. The van der Waals surface area contributed by atoms with E-state index in [0.29, 0.717) is 12.1 Å². The molecule has 0 bridgehead atoms. The van der Waals surface area contributed by atoms with Crippen molar-refractivity contribution in [2.75, 3.05) is 0 Å². The van der Waals surface area contributed by atoms with Crippen molar-refractivity contribution in [3.05, 3.63) is 47.1 Å². The van der Waals surface area contributed by atoms with Crippen molar-refractivity contribution in [1.82, 2.24) is 4.90 Å². The van der Waals surface area contributed by atoms with E-state index in [4.69, 9.17) is 0 Å². The lowest BCUT2D eigenvalue weighted by Gasteiger charge is -2.36. The molecule has 3 atom stereocenters. The molecule has 0 aliphatic carbocycles. The van der Waals surface area contributed by atoms with Gasteiger partial charge in [-0.15, -0.1) is 0 Å². The molecule has 1 saturated heterocycles. The van der Waals surface area contributed by atoms with Crippen molar-refractivity contribution < 1.29 is 0 Å². The second-order valence-corrected chi connectivity index (χ2v) is 8.37. The Morgan fingerprint density at radius 2 is 1.71 bits per heavy atom. The topological polar surface area (TPSA) is 3.24 Å². The highest BCUT2D eigenvalue weighted by Crippen LogP contribution is 2.32. The van der Waals surface area contributed by atoms with E-state index < -0.39 is 0 Å². The fourth-order valence-electron chi connectivity index (χ4n) is 3.74. The van der Waals surface area contributed by atoms with E-state index in [1.54, 1.807) is 0 Å². The lowest BCUT2D eigenvalue weighted by molar-refractivity contribution is 0.150. The molecule has 0 aromatic heterocycles. The van der Waals surface area contributed by atoms with Crippen LogP contribution in [0.3, 0.4) is 0 Å². The first kappa shape index (κ1) is 21.0. The lowest BCUT2D eigenvalue weighted by atomic mass is 9.97. The molecule has 1 aliphatic heterocycles. The predicted octanol–water partition coefficient (Wildman–Crippen LogP) is 6.69. The minimum atomic E-state index is 0.487. The lowest BCUT2D eigenvalue weighted by Crippen LogP contribution is -2.42. The highest BCUT2D eigenvalue weighted by molar-refractivity contribution is 5.42. The number of hydrogen-bond acceptors (Lipinski definition) is 1. The molecule has 0 spiro atoms. The summed E-state index contributed by atoms with van der Waals surface area (Å²) in [5.41, 5.74) is 5.13. The summed E-state index contributed by atoms with van der Waals surface area (Å²) in [6.07, 6.45) is 10.7. The van der Waals surface area contributed by atoms with Crippen LogP contribution in [0.4, 0.5) is 0 Å². The highest BCUT2D eigenvalue weighted by Gasteiger charge is 2.34. The second kappa shape index (κ2) is 9.42. The summed E-state index contributed by atoms with van der Waals surface area (Å²) >= 11 is 0. The van der Waals surface area contributed by atoms with E-state index in [0.717, 1.165) is 17.5 Å². The van der Waals surface area contributed by atoms with Gasteiger partial charge in [-0.2, -0.15) is 0 Å². The summed E-state index contributed by atoms with van der Waals surface area (Å²) in [6.45, 7) is 22.2. The van der Waals surface area contributed by atoms with E-state index in [1.165, 1.54) is 36.0 Å².